The van der Waals surface area contributed by atoms with Gasteiger partial charge in [0.25, 0.3) is 0 Å². The Morgan fingerprint density at radius 2 is 2.25 bits per heavy atom. The van der Waals surface area contributed by atoms with Crippen molar-refractivity contribution in [1.82, 2.24) is 9.55 Å². The Hall–Kier alpha value is -1.33. The normalized spacial score (nSPS) is 21.6. The van der Waals surface area contributed by atoms with Crippen LogP contribution in [-0.4, -0.2) is 9.55 Å². The second kappa shape index (κ2) is 5.22. The van der Waals surface area contributed by atoms with E-state index in [9.17, 15) is 0 Å². The first kappa shape index (κ1) is 13.6. The highest BCUT2D eigenvalue weighted by atomic mass is 79.9. The minimum Gasteiger partial charge on any atom is -0.484 e. The third kappa shape index (κ3) is 2.36. The number of fused-ring (bicyclic) bond motifs is 1. The third-order valence-corrected chi connectivity index (χ3v) is 4.18. The predicted octanol–water partition coefficient (Wildman–Crippen LogP) is 3.75. The largest absolute Gasteiger partial charge is 0.484 e. The summed E-state index contributed by atoms with van der Waals surface area (Å²) in [5.41, 5.74) is 8.46. The SMILES string of the molecule is CC(C)n1cncc1C1CC(N)c2cc(Br)ccc2O1. The smallest absolute Gasteiger partial charge is 0.142 e. The fourth-order valence-electron chi connectivity index (χ4n) is 2.65. The Labute approximate surface area is 127 Å². The van der Waals surface area contributed by atoms with Gasteiger partial charge in [-0.05, 0) is 32.0 Å². The summed E-state index contributed by atoms with van der Waals surface area (Å²) < 4.78 is 9.30. The van der Waals surface area contributed by atoms with E-state index in [1.165, 1.54) is 0 Å². The van der Waals surface area contributed by atoms with Crippen molar-refractivity contribution in [3.05, 3.63) is 46.5 Å². The molecule has 0 radical (unpaired) electrons. The molecule has 5 heteroatoms. The second-order valence-corrected chi connectivity index (χ2v) is 6.37. The molecule has 2 atom stereocenters. The van der Waals surface area contributed by atoms with Crippen LogP contribution in [0.1, 0.15) is 49.7 Å². The van der Waals surface area contributed by atoms with Crippen LogP contribution < -0.4 is 10.5 Å². The van der Waals surface area contributed by atoms with E-state index in [2.05, 4.69) is 39.3 Å². The highest BCUT2D eigenvalue weighted by Gasteiger charge is 2.29. The summed E-state index contributed by atoms with van der Waals surface area (Å²) in [6.45, 7) is 4.28. The summed E-state index contributed by atoms with van der Waals surface area (Å²) in [5, 5.41) is 0. The summed E-state index contributed by atoms with van der Waals surface area (Å²) in [7, 11) is 0. The zero-order valence-corrected chi connectivity index (χ0v) is 13.2. The molecular formula is C15H18BrN3O. The highest BCUT2D eigenvalue weighted by Crippen LogP contribution is 2.40. The standard InChI is InChI=1S/C15H18BrN3O/c1-9(2)19-8-18-7-13(19)15-6-12(17)11-5-10(16)3-4-14(11)20-15/h3-5,7-9,12,15H,6,17H2,1-2H3. The average Bonchev–Trinajstić information content (AvgIpc) is 2.89. The fraction of sp³-hybridized carbons (Fsp3) is 0.400. The van der Waals surface area contributed by atoms with E-state index in [-0.39, 0.29) is 12.1 Å². The lowest BCUT2D eigenvalue weighted by atomic mass is 9.96. The van der Waals surface area contributed by atoms with Gasteiger partial charge in [-0.15, -0.1) is 0 Å². The lowest BCUT2D eigenvalue weighted by molar-refractivity contribution is 0.151. The summed E-state index contributed by atoms with van der Waals surface area (Å²) in [5.74, 6) is 0.869. The van der Waals surface area contributed by atoms with Crippen LogP contribution in [0.25, 0.3) is 0 Å². The summed E-state index contributed by atoms with van der Waals surface area (Å²) in [6, 6.07) is 6.33. The van der Waals surface area contributed by atoms with E-state index in [1.54, 1.807) is 0 Å². The molecule has 1 aromatic heterocycles. The number of nitrogens with zero attached hydrogens (tertiary/aromatic N) is 2. The van der Waals surface area contributed by atoms with Crippen molar-refractivity contribution in [2.24, 2.45) is 5.73 Å². The minimum absolute atomic E-state index is 0.0169. The Bertz CT molecular complexity index is 623. The molecule has 0 amide bonds. The van der Waals surface area contributed by atoms with Gasteiger partial charge in [-0.1, -0.05) is 15.9 Å². The molecule has 0 bridgehead atoms. The number of hydrogen-bond donors (Lipinski definition) is 1. The Balaban J connectivity index is 1.95. The first-order chi connectivity index (χ1) is 9.56. The maximum absolute atomic E-state index is 6.31. The van der Waals surface area contributed by atoms with Crippen LogP contribution in [0, 0.1) is 0 Å². The van der Waals surface area contributed by atoms with E-state index in [0.717, 1.165) is 27.9 Å². The van der Waals surface area contributed by atoms with E-state index < -0.39 is 0 Å². The molecule has 0 spiro atoms. The molecule has 1 aromatic carbocycles. The van der Waals surface area contributed by atoms with Crippen LogP contribution in [-0.2, 0) is 0 Å². The molecule has 2 heterocycles. The monoisotopic (exact) mass is 335 g/mol. The Kier molecular flexibility index (Phi) is 3.56. The van der Waals surface area contributed by atoms with Crippen molar-refractivity contribution in [3.8, 4) is 5.75 Å². The van der Waals surface area contributed by atoms with Gasteiger partial charge in [-0.3, -0.25) is 0 Å². The van der Waals surface area contributed by atoms with Crippen molar-refractivity contribution in [3.63, 3.8) is 0 Å². The number of nitrogens with two attached hydrogens (primary N) is 1. The number of aromatic nitrogens is 2. The molecule has 106 valence electrons. The van der Waals surface area contributed by atoms with Gasteiger partial charge in [0, 0.05) is 28.5 Å². The molecule has 0 fully saturated rings. The van der Waals surface area contributed by atoms with Gasteiger partial charge in [-0.25, -0.2) is 4.98 Å². The van der Waals surface area contributed by atoms with Crippen LogP contribution in [0.4, 0.5) is 0 Å². The molecule has 4 nitrogen and oxygen atoms in total. The topological polar surface area (TPSA) is 53.1 Å². The maximum atomic E-state index is 6.31. The van der Waals surface area contributed by atoms with Crippen molar-refractivity contribution in [1.29, 1.82) is 0 Å². The van der Waals surface area contributed by atoms with Crippen LogP contribution in [0.15, 0.2) is 35.2 Å². The second-order valence-electron chi connectivity index (χ2n) is 5.45. The molecule has 20 heavy (non-hydrogen) atoms. The number of halogens is 1. The number of rotatable bonds is 2. The van der Waals surface area contributed by atoms with E-state index >= 15 is 0 Å². The molecule has 3 rings (SSSR count). The van der Waals surface area contributed by atoms with Crippen LogP contribution in [0.5, 0.6) is 5.75 Å². The molecule has 0 saturated heterocycles. The number of hydrogen-bond acceptors (Lipinski definition) is 3. The lowest BCUT2D eigenvalue weighted by Gasteiger charge is -2.31. The van der Waals surface area contributed by atoms with Gasteiger partial charge in [-0.2, -0.15) is 0 Å². The van der Waals surface area contributed by atoms with Crippen molar-refractivity contribution in [2.75, 3.05) is 0 Å². The Morgan fingerprint density at radius 1 is 1.45 bits per heavy atom. The van der Waals surface area contributed by atoms with Gasteiger partial charge in [0.05, 0.1) is 18.2 Å². The van der Waals surface area contributed by atoms with Crippen LogP contribution in [0.2, 0.25) is 0 Å². The Morgan fingerprint density at radius 3 is 3.00 bits per heavy atom. The van der Waals surface area contributed by atoms with Gasteiger partial charge in [0.2, 0.25) is 0 Å². The van der Waals surface area contributed by atoms with Gasteiger partial charge in [0.1, 0.15) is 11.9 Å². The number of benzene rings is 1. The quantitative estimate of drug-likeness (QED) is 0.909. The van der Waals surface area contributed by atoms with Gasteiger partial charge >= 0.3 is 0 Å². The van der Waals surface area contributed by atoms with Gasteiger partial charge < -0.3 is 15.0 Å². The molecule has 1 aliphatic rings. The molecule has 0 aliphatic carbocycles. The zero-order valence-electron chi connectivity index (χ0n) is 11.6. The van der Waals surface area contributed by atoms with E-state index in [0.29, 0.717) is 6.04 Å². The summed E-state index contributed by atoms with van der Waals surface area (Å²) >= 11 is 3.48. The molecule has 2 N–H and O–H groups in total. The van der Waals surface area contributed by atoms with Crippen molar-refractivity contribution in [2.45, 2.75) is 38.5 Å². The predicted molar refractivity (Wildman–Crippen MR) is 81.7 cm³/mol. The van der Waals surface area contributed by atoms with Gasteiger partial charge in [0.15, 0.2) is 0 Å². The summed E-state index contributed by atoms with van der Waals surface area (Å²) in [4.78, 5) is 4.25. The maximum Gasteiger partial charge on any atom is 0.142 e. The zero-order chi connectivity index (χ0) is 14.3. The fourth-order valence-corrected chi connectivity index (χ4v) is 3.03. The minimum atomic E-state index is -0.0384. The first-order valence-electron chi connectivity index (χ1n) is 6.79. The molecular weight excluding hydrogens is 318 g/mol. The third-order valence-electron chi connectivity index (χ3n) is 3.69. The van der Waals surface area contributed by atoms with Crippen LogP contribution >= 0.6 is 15.9 Å². The lowest BCUT2D eigenvalue weighted by Crippen LogP contribution is -2.26. The molecule has 0 saturated carbocycles. The van der Waals surface area contributed by atoms with Crippen LogP contribution in [0.3, 0.4) is 0 Å². The van der Waals surface area contributed by atoms with E-state index in [4.69, 9.17) is 10.5 Å². The number of ether oxygens (including phenoxy) is 1. The van der Waals surface area contributed by atoms with Crippen molar-refractivity contribution < 1.29 is 4.74 Å². The molecule has 2 aromatic rings. The number of imidazole rings is 1. The van der Waals surface area contributed by atoms with Crippen molar-refractivity contribution >= 4 is 15.9 Å². The van der Waals surface area contributed by atoms with E-state index in [1.807, 2.05) is 30.7 Å². The average molecular weight is 336 g/mol. The highest BCUT2D eigenvalue weighted by molar-refractivity contribution is 9.10. The molecule has 1 aliphatic heterocycles. The molecule has 2 unspecified atom stereocenters. The first-order valence-corrected chi connectivity index (χ1v) is 7.59. The summed E-state index contributed by atoms with van der Waals surface area (Å²) in [6.07, 6.45) is 4.46.